The van der Waals surface area contributed by atoms with Crippen LogP contribution in [0, 0.1) is 5.41 Å². The Morgan fingerprint density at radius 3 is 2.83 bits per heavy atom. The van der Waals surface area contributed by atoms with E-state index >= 15 is 0 Å². The van der Waals surface area contributed by atoms with E-state index in [1.54, 1.807) is 11.3 Å². The van der Waals surface area contributed by atoms with E-state index in [0.717, 1.165) is 9.35 Å². The molecule has 1 aromatic heterocycles. The third-order valence-corrected chi connectivity index (χ3v) is 4.95. The quantitative estimate of drug-likeness (QED) is 0.836. The molecule has 0 bridgehead atoms. The first-order chi connectivity index (χ1) is 8.38. The van der Waals surface area contributed by atoms with Gasteiger partial charge in [-0.25, -0.2) is 0 Å². The van der Waals surface area contributed by atoms with Gasteiger partial charge in [0.2, 0.25) is 5.91 Å². The number of Topliss-reactive ketones (excluding diaryl/α,β-unsaturated/α-hetero) is 1. The van der Waals surface area contributed by atoms with E-state index in [1.165, 1.54) is 0 Å². The summed E-state index contributed by atoms with van der Waals surface area (Å²) in [5.74, 6) is 0.371. The first-order valence-corrected chi connectivity index (χ1v) is 7.60. The molecular weight excluding hydrogens is 314 g/mol. The fourth-order valence-corrected chi connectivity index (χ4v) is 3.58. The molecule has 2 heterocycles. The smallest absolute Gasteiger partial charge is 0.227 e. The Morgan fingerprint density at radius 1 is 1.56 bits per heavy atom. The summed E-state index contributed by atoms with van der Waals surface area (Å²) in [5, 5.41) is 1.98. The maximum atomic E-state index is 12.2. The molecule has 0 saturated carbocycles. The van der Waals surface area contributed by atoms with Crippen molar-refractivity contribution in [1.82, 2.24) is 4.90 Å². The standard InChI is InChI=1S/C13H16BrNO2S/c1-13(2)8-15(4-3-11(13)16)12(17)6-10-5-9(14)7-18-10/h5,7H,3-4,6,8H2,1-2H3. The second-order valence-electron chi connectivity index (χ2n) is 5.28. The number of halogens is 1. The van der Waals surface area contributed by atoms with Gasteiger partial charge in [-0.3, -0.25) is 9.59 Å². The van der Waals surface area contributed by atoms with E-state index in [-0.39, 0.29) is 11.7 Å². The van der Waals surface area contributed by atoms with E-state index in [1.807, 2.05) is 30.2 Å². The van der Waals surface area contributed by atoms with Gasteiger partial charge < -0.3 is 4.90 Å². The van der Waals surface area contributed by atoms with Crippen LogP contribution < -0.4 is 0 Å². The topological polar surface area (TPSA) is 37.4 Å². The lowest BCUT2D eigenvalue weighted by atomic mass is 9.82. The number of likely N-dealkylation sites (tertiary alicyclic amines) is 1. The Balaban J connectivity index is 2.00. The summed E-state index contributed by atoms with van der Waals surface area (Å²) in [6, 6.07) is 1.98. The molecule has 0 N–H and O–H groups in total. The molecule has 18 heavy (non-hydrogen) atoms. The normalized spacial score (nSPS) is 19.1. The lowest BCUT2D eigenvalue weighted by molar-refractivity contribution is -0.140. The molecule has 1 aliphatic rings. The predicted octanol–water partition coefficient (Wildman–Crippen LogP) is 2.88. The maximum Gasteiger partial charge on any atom is 0.227 e. The van der Waals surface area contributed by atoms with Gasteiger partial charge in [-0.15, -0.1) is 11.3 Å². The predicted molar refractivity (Wildman–Crippen MR) is 75.7 cm³/mol. The molecule has 1 aromatic rings. The Bertz CT molecular complexity index is 481. The summed E-state index contributed by atoms with van der Waals surface area (Å²) in [5.41, 5.74) is -0.399. The van der Waals surface area contributed by atoms with Crippen molar-refractivity contribution in [3.05, 3.63) is 20.8 Å². The lowest BCUT2D eigenvalue weighted by Gasteiger charge is -2.36. The minimum Gasteiger partial charge on any atom is -0.341 e. The first kappa shape index (κ1) is 13.7. The summed E-state index contributed by atoms with van der Waals surface area (Å²) in [4.78, 5) is 26.8. The van der Waals surface area contributed by atoms with Gasteiger partial charge in [-0.05, 0) is 22.0 Å². The Labute approximate surface area is 119 Å². The molecule has 0 radical (unpaired) electrons. The minimum atomic E-state index is -0.399. The molecule has 0 aliphatic carbocycles. The zero-order valence-corrected chi connectivity index (χ0v) is 12.9. The zero-order chi connectivity index (χ0) is 13.3. The van der Waals surface area contributed by atoms with Crippen LogP contribution in [0.3, 0.4) is 0 Å². The van der Waals surface area contributed by atoms with Crippen molar-refractivity contribution in [2.75, 3.05) is 13.1 Å². The van der Waals surface area contributed by atoms with Gasteiger partial charge in [0, 0.05) is 39.7 Å². The summed E-state index contributed by atoms with van der Waals surface area (Å²) < 4.78 is 1.02. The molecule has 0 atom stereocenters. The second-order valence-corrected chi connectivity index (χ2v) is 7.19. The highest BCUT2D eigenvalue weighted by atomic mass is 79.9. The number of rotatable bonds is 2. The van der Waals surface area contributed by atoms with Gasteiger partial charge in [-0.1, -0.05) is 13.8 Å². The van der Waals surface area contributed by atoms with Crippen molar-refractivity contribution >= 4 is 39.0 Å². The molecule has 2 rings (SSSR count). The molecule has 1 amide bonds. The highest BCUT2D eigenvalue weighted by molar-refractivity contribution is 9.10. The van der Waals surface area contributed by atoms with Crippen molar-refractivity contribution in [2.24, 2.45) is 5.41 Å². The average molecular weight is 330 g/mol. The number of thiophene rings is 1. The summed E-state index contributed by atoms with van der Waals surface area (Å²) in [6.45, 7) is 4.93. The Hall–Kier alpha value is -0.680. The molecular formula is C13H16BrNO2S. The van der Waals surface area contributed by atoms with Crippen molar-refractivity contribution in [1.29, 1.82) is 0 Å². The van der Waals surface area contributed by atoms with Crippen molar-refractivity contribution in [3.63, 3.8) is 0 Å². The molecule has 1 saturated heterocycles. The number of carbonyl (C=O) groups excluding carboxylic acids is 2. The minimum absolute atomic E-state index is 0.116. The average Bonchev–Trinajstić information content (AvgIpc) is 2.68. The number of ketones is 1. The van der Waals surface area contributed by atoms with Crippen LogP contribution in [0.5, 0.6) is 0 Å². The summed E-state index contributed by atoms with van der Waals surface area (Å²) >= 11 is 4.97. The third-order valence-electron chi connectivity index (χ3n) is 3.25. The molecule has 0 aromatic carbocycles. The fourth-order valence-electron chi connectivity index (χ4n) is 2.14. The summed E-state index contributed by atoms with van der Waals surface area (Å²) in [6.07, 6.45) is 0.910. The number of piperidine rings is 1. The number of nitrogens with zero attached hydrogens (tertiary/aromatic N) is 1. The molecule has 5 heteroatoms. The van der Waals surface area contributed by atoms with E-state index in [0.29, 0.717) is 25.9 Å². The Morgan fingerprint density at radius 2 is 2.28 bits per heavy atom. The van der Waals surface area contributed by atoms with Crippen molar-refractivity contribution < 1.29 is 9.59 Å². The SMILES string of the molecule is CC1(C)CN(C(=O)Cc2cc(Br)cs2)CCC1=O. The first-order valence-electron chi connectivity index (χ1n) is 5.92. The number of hydrogen-bond acceptors (Lipinski definition) is 3. The van der Waals surface area contributed by atoms with Crippen LogP contribution in [0.1, 0.15) is 25.1 Å². The van der Waals surface area contributed by atoms with Gasteiger partial charge in [0.15, 0.2) is 0 Å². The summed E-state index contributed by atoms with van der Waals surface area (Å²) in [7, 11) is 0. The Kier molecular flexibility index (Phi) is 3.92. The van der Waals surface area contributed by atoms with Crippen LogP contribution in [-0.4, -0.2) is 29.7 Å². The van der Waals surface area contributed by atoms with Gasteiger partial charge in [-0.2, -0.15) is 0 Å². The highest BCUT2D eigenvalue weighted by Crippen LogP contribution is 2.26. The van der Waals surface area contributed by atoms with Gasteiger partial charge in [0.05, 0.1) is 6.42 Å². The third kappa shape index (κ3) is 3.01. The molecule has 0 unspecified atom stereocenters. The van der Waals surface area contributed by atoms with Gasteiger partial charge >= 0.3 is 0 Å². The monoisotopic (exact) mass is 329 g/mol. The van der Waals surface area contributed by atoms with Crippen LogP contribution in [0.15, 0.2) is 15.9 Å². The molecule has 3 nitrogen and oxygen atoms in total. The maximum absolute atomic E-state index is 12.2. The van der Waals surface area contributed by atoms with Crippen LogP contribution in [0.4, 0.5) is 0 Å². The van der Waals surface area contributed by atoms with Crippen LogP contribution >= 0.6 is 27.3 Å². The molecule has 1 fully saturated rings. The zero-order valence-electron chi connectivity index (χ0n) is 10.5. The second kappa shape index (κ2) is 5.13. The molecule has 98 valence electrons. The van der Waals surface area contributed by atoms with Crippen molar-refractivity contribution in [2.45, 2.75) is 26.7 Å². The van der Waals surface area contributed by atoms with E-state index < -0.39 is 5.41 Å². The number of amides is 1. The fraction of sp³-hybridized carbons (Fsp3) is 0.538. The molecule has 0 spiro atoms. The molecule has 1 aliphatic heterocycles. The highest BCUT2D eigenvalue weighted by Gasteiger charge is 2.35. The lowest BCUT2D eigenvalue weighted by Crippen LogP contribution is -2.49. The van der Waals surface area contributed by atoms with E-state index in [4.69, 9.17) is 0 Å². The van der Waals surface area contributed by atoms with Crippen LogP contribution in [0.25, 0.3) is 0 Å². The number of hydrogen-bond donors (Lipinski definition) is 0. The van der Waals surface area contributed by atoms with Gasteiger partial charge in [0.25, 0.3) is 0 Å². The van der Waals surface area contributed by atoms with Crippen molar-refractivity contribution in [3.8, 4) is 0 Å². The van der Waals surface area contributed by atoms with Crippen LogP contribution in [-0.2, 0) is 16.0 Å². The largest absolute Gasteiger partial charge is 0.341 e. The number of carbonyl (C=O) groups is 2. The van der Waals surface area contributed by atoms with Crippen LogP contribution in [0.2, 0.25) is 0 Å². The van der Waals surface area contributed by atoms with E-state index in [2.05, 4.69) is 15.9 Å². The van der Waals surface area contributed by atoms with E-state index in [9.17, 15) is 9.59 Å². The van der Waals surface area contributed by atoms with Gasteiger partial charge in [0.1, 0.15) is 5.78 Å².